The van der Waals surface area contributed by atoms with E-state index in [2.05, 4.69) is 34.1 Å². The van der Waals surface area contributed by atoms with Gasteiger partial charge in [0.25, 0.3) is 0 Å². The van der Waals surface area contributed by atoms with Crippen LogP contribution in [0.25, 0.3) is 0 Å². The van der Waals surface area contributed by atoms with Crippen LogP contribution < -0.4 is 14.9 Å². The minimum Gasteiger partial charge on any atom is -0.375 e. The second kappa shape index (κ2) is 11.5. The van der Waals surface area contributed by atoms with Gasteiger partial charge in [0.1, 0.15) is 0 Å². The van der Waals surface area contributed by atoms with Crippen LogP contribution in [0.15, 0.2) is 59.5 Å². The molecule has 1 aliphatic carbocycles. The largest absolute Gasteiger partial charge is 0.375 e. The Kier molecular flexibility index (Phi) is 8.70. The first-order valence-electron chi connectivity index (χ1n) is 11.5. The molecule has 2 aromatic carbocycles. The molecule has 0 bridgehead atoms. The summed E-state index contributed by atoms with van der Waals surface area (Å²) in [6.07, 6.45) is 4.25. The lowest BCUT2D eigenvalue weighted by Crippen LogP contribution is -2.37. The summed E-state index contributed by atoms with van der Waals surface area (Å²) in [5.41, 5.74) is 2.21. The Hall–Kier alpha value is -2.38. The zero-order chi connectivity index (χ0) is 23.0. The highest BCUT2D eigenvalue weighted by Gasteiger charge is 2.27. The van der Waals surface area contributed by atoms with E-state index in [0.29, 0.717) is 18.0 Å². The number of carbonyl (C=O) groups is 1. The molecule has 2 aromatic rings. The molecule has 1 aliphatic rings. The second-order valence-electron chi connectivity index (χ2n) is 8.78. The zero-order valence-electron chi connectivity index (χ0n) is 19.1. The lowest BCUT2D eigenvalue weighted by atomic mass is 9.81. The number of rotatable bonds is 10. The number of para-hydroxylation sites is 1. The van der Waals surface area contributed by atoms with Gasteiger partial charge in [-0.2, -0.15) is 0 Å². The third-order valence-electron chi connectivity index (χ3n) is 6.28. The zero-order valence-corrected chi connectivity index (χ0v) is 19.9. The molecule has 2 N–H and O–H groups in total. The Morgan fingerprint density at radius 1 is 1.00 bits per heavy atom. The van der Waals surface area contributed by atoms with Gasteiger partial charge in [-0.1, -0.05) is 35.9 Å². The molecule has 0 unspecified atom stereocenters. The van der Waals surface area contributed by atoms with E-state index in [1.807, 2.05) is 25.1 Å². The minimum atomic E-state index is -3.48. The molecule has 0 saturated heterocycles. The Labute approximate surface area is 192 Å². The lowest BCUT2D eigenvalue weighted by molar-refractivity contribution is -0.126. The van der Waals surface area contributed by atoms with E-state index in [4.69, 9.17) is 0 Å². The summed E-state index contributed by atoms with van der Waals surface area (Å²) >= 11 is 0. The number of aryl methyl sites for hydroxylation is 1. The van der Waals surface area contributed by atoms with Gasteiger partial charge in [0.05, 0.1) is 4.90 Å². The van der Waals surface area contributed by atoms with E-state index >= 15 is 0 Å². The van der Waals surface area contributed by atoms with Crippen molar-refractivity contribution >= 4 is 21.6 Å². The highest BCUT2D eigenvalue weighted by molar-refractivity contribution is 7.89. The Morgan fingerprint density at radius 2 is 1.66 bits per heavy atom. The molecular weight excluding hydrogens is 422 g/mol. The molecule has 0 aromatic heterocycles. The SMILES string of the molecule is Cc1ccc(S(=O)(=O)NCC2CCC(C(=O)NCCCN(C)c3ccccc3)CC2)cc1. The maximum absolute atomic E-state index is 12.5. The third-order valence-corrected chi connectivity index (χ3v) is 7.72. The van der Waals surface area contributed by atoms with Gasteiger partial charge in [-0.3, -0.25) is 4.79 Å². The monoisotopic (exact) mass is 457 g/mol. The molecule has 32 heavy (non-hydrogen) atoms. The van der Waals surface area contributed by atoms with E-state index in [9.17, 15) is 13.2 Å². The number of anilines is 1. The van der Waals surface area contributed by atoms with Gasteiger partial charge in [-0.15, -0.1) is 0 Å². The van der Waals surface area contributed by atoms with Gasteiger partial charge in [-0.25, -0.2) is 13.1 Å². The molecule has 6 nitrogen and oxygen atoms in total. The average molecular weight is 458 g/mol. The molecule has 0 aliphatic heterocycles. The van der Waals surface area contributed by atoms with Gasteiger partial charge in [0, 0.05) is 38.3 Å². The maximum atomic E-state index is 12.5. The van der Waals surface area contributed by atoms with Crippen LogP contribution in [0.5, 0.6) is 0 Å². The van der Waals surface area contributed by atoms with Crippen molar-refractivity contribution in [3.63, 3.8) is 0 Å². The molecule has 0 radical (unpaired) electrons. The van der Waals surface area contributed by atoms with Crippen molar-refractivity contribution < 1.29 is 13.2 Å². The minimum absolute atomic E-state index is 0.0341. The number of sulfonamides is 1. The molecule has 1 saturated carbocycles. The van der Waals surface area contributed by atoms with E-state index in [1.165, 1.54) is 5.69 Å². The van der Waals surface area contributed by atoms with Crippen molar-refractivity contribution in [2.75, 3.05) is 31.6 Å². The van der Waals surface area contributed by atoms with E-state index < -0.39 is 10.0 Å². The van der Waals surface area contributed by atoms with E-state index in [0.717, 1.165) is 44.2 Å². The van der Waals surface area contributed by atoms with Gasteiger partial charge >= 0.3 is 0 Å². The molecule has 3 rings (SSSR count). The number of nitrogens with zero attached hydrogens (tertiary/aromatic N) is 1. The van der Waals surface area contributed by atoms with Crippen molar-refractivity contribution in [1.82, 2.24) is 10.0 Å². The van der Waals surface area contributed by atoms with Crippen molar-refractivity contribution in [1.29, 1.82) is 0 Å². The molecule has 0 spiro atoms. The number of benzene rings is 2. The molecule has 7 heteroatoms. The molecule has 0 heterocycles. The first kappa shape index (κ1) is 24.3. The summed E-state index contributed by atoms with van der Waals surface area (Å²) in [4.78, 5) is 15.0. The van der Waals surface area contributed by atoms with Crippen LogP contribution in [0, 0.1) is 18.8 Å². The van der Waals surface area contributed by atoms with Gasteiger partial charge in [0.2, 0.25) is 15.9 Å². The van der Waals surface area contributed by atoms with Crippen LogP contribution in [0.2, 0.25) is 0 Å². The number of hydrogen-bond donors (Lipinski definition) is 2. The van der Waals surface area contributed by atoms with Crippen LogP contribution in [0.4, 0.5) is 5.69 Å². The van der Waals surface area contributed by atoms with E-state index in [1.54, 1.807) is 24.3 Å². The first-order chi connectivity index (χ1) is 15.3. The average Bonchev–Trinajstić information content (AvgIpc) is 2.81. The van der Waals surface area contributed by atoms with Gasteiger partial charge in [0.15, 0.2) is 0 Å². The van der Waals surface area contributed by atoms with Crippen LogP contribution in [0.1, 0.15) is 37.7 Å². The van der Waals surface area contributed by atoms with Gasteiger partial charge < -0.3 is 10.2 Å². The summed E-state index contributed by atoms with van der Waals surface area (Å²) in [5.74, 6) is 0.441. The standard InChI is InChI=1S/C25H35N3O3S/c1-20-9-15-24(16-10-20)32(30,31)27-19-21-11-13-22(14-12-21)25(29)26-17-6-18-28(2)23-7-4-3-5-8-23/h3-5,7-10,15-16,21-22,27H,6,11-14,17-19H2,1-2H3,(H,26,29). The first-order valence-corrected chi connectivity index (χ1v) is 12.9. The third kappa shape index (κ3) is 7.07. The molecule has 0 atom stereocenters. The number of nitrogens with one attached hydrogen (secondary N) is 2. The highest BCUT2D eigenvalue weighted by Crippen LogP contribution is 2.29. The lowest BCUT2D eigenvalue weighted by Gasteiger charge is -2.28. The summed E-state index contributed by atoms with van der Waals surface area (Å²) < 4.78 is 27.7. The summed E-state index contributed by atoms with van der Waals surface area (Å²) in [6.45, 7) is 3.92. The normalized spacial score (nSPS) is 18.8. The molecular formula is C25H35N3O3S. The Morgan fingerprint density at radius 3 is 2.31 bits per heavy atom. The number of hydrogen-bond acceptors (Lipinski definition) is 4. The molecule has 1 fully saturated rings. The van der Waals surface area contributed by atoms with E-state index in [-0.39, 0.29) is 17.7 Å². The van der Waals surface area contributed by atoms with Crippen molar-refractivity contribution in [3.05, 3.63) is 60.2 Å². The fraction of sp³-hybridized carbons (Fsp3) is 0.480. The maximum Gasteiger partial charge on any atom is 0.240 e. The fourth-order valence-electron chi connectivity index (χ4n) is 4.14. The quantitative estimate of drug-likeness (QED) is 0.533. The summed E-state index contributed by atoms with van der Waals surface area (Å²) in [6, 6.07) is 17.1. The second-order valence-corrected chi connectivity index (χ2v) is 10.6. The summed E-state index contributed by atoms with van der Waals surface area (Å²) in [7, 11) is -1.42. The number of carbonyl (C=O) groups excluding carboxylic acids is 1. The van der Waals surface area contributed by atoms with Crippen LogP contribution in [-0.4, -0.2) is 41.0 Å². The van der Waals surface area contributed by atoms with Crippen LogP contribution in [-0.2, 0) is 14.8 Å². The summed E-state index contributed by atoms with van der Waals surface area (Å²) in [5, 5.41) is 3.08. The van der Waals surface area contributed by atoms with Crippen LogP contribution in [0.3, 0.4) is 0 Å². The topological polar surface area (TPSA) is 78.5 Å². The smallest absolute Gasteiger partial charge is 0.240 e. The number of amides is 1. The predicted molar refractivity (Wildman–Crippen MR) is 129 cm³/mol. The Bertz CT molecular complexity index is 954. The highest BCUT2D eigenvalue weighted by atomic mass is 32.2. The Balaban J connectivity index is 1.33. The predicted octanol–water partition coefficient (Wildman–Crippen LogP) is 3.72. The van der Waals surface area contributed by atoms with Crippen molar-refractivity contribution in [3.8, 4) is 0 Å². The van der Waals surface area contributed by atoms with Crippen molar-refractivity contribution in [2.45, 2.75) is 43.9 Å². The van der Waals surface area contributed by atoms with Gasteiger partial charge in [-0.05, 0) is 69.2 Å². The van der Waals surface area contributed by atoms with Crippen molar-refractivity contribution in [2.24, 2.45) is 11.8 Å². The fourth-order valence-corrected chi connectivity index (χ4v) is 5.26. The molecule has 1 amide bonds. The van der Waals surface area contributed by atoms with Crippen LogP contribution >= 0.6 is 0 Å². The molecule has 174 valence electrons.